The number of pyridine rings is 1. The monoisotopic (exact) mass is 369 g/mol. The fourth-order valence-electron chi connectivity index (χ4n) is 3.31. The topological polar surface area (TPSA) is 114 Å². The van der Waals surface area contributed by atoms with Crippen molar-refractivity contribution in [2.75, 3.05) is 0 Å². The molecule has 27 heavy (non-hydrogen) atoms. The number of aromatic amines is 1. The van der Waals surface area contributed by atoms with Gasteiger partial charge in [-0.3, -0.25) is 14.4 Å². The summed E-state index contributed by atoms with van der Waals surface area (Å²) in [6.07, 6.45) is 1.53. The predicted molar refractivity (Wildman–Crippen MR) is 101 cm³/mol. The fourth-order valence-corrected chi connectivity index (χ4v) is 3.31. The van der Waals surface area contributed by atoms with Crippen LogP contribution in [0.15, 0.2) is 35.1 Å². The highest BCUT2D eigenvalue weighted by Gasteiger charge is 2.26. The molecule has 0 saturated carbocycles. The SMILES string of the molecule is Cc1cccc(OC(C)C(=O)NC2CCCc3[nH]c(=O)c(C(N)=O)cc32)c1. The van der Waals surface area contributed by atoms with Crippen LogP contribution in [-0.4, -0.2) is 22.9 Å². The Labute approximate surface area is 156 Å². The standard InChI is InChI=1S/C20H23N3O4/c1-11-5-3-6-13(9-11)27-12(2)19(25)22-16-7-4-8-17-14(16)10-15(18(21)24)20(26)23-17/h3,5-6,9-10,12,16H,4,7-8H2,1-2H3,(H2,21,24)(H,22,25)(H,23,26). The number of benzene rings is 1. The highest BCUT2D eigenvalue weighted by molar-refractivity contribution is 5.92. The van der Waals surface area contributed by atoms with Gasteiger partial charge in [0.1, 0.15) is 11.3 Å². The summed E-state index contributed by atoms with van der Waals surface area (Å²) < 4.78 is 5.72. The number of ether oxygens (including phenoxy) is 1. The number of hydrogen-bond donors (Lipinski definition) is 3. The molecule has 1 aliphatic carbocycles. The molecule has 2 aromatic rings. The third kappa shape index (κ3) is 4.19. The first kappa shape index (κ1) is 18.7. The minimum Gasteiger partial charge on any atom is -0.481 e. The Kier molecular flexibility index (Phi) is 5.30. The van der Waals surface area contributed by atoms with E-state index in [4.69, 9.17) is 10.5 Å². The molecule has 0 spiro atoms. The highest BCUT2D eigenvalue weighted by Crippen LogP contribution is 2.28. The molecule has 3 rings (SSSR count). The number of carbonyl (C=O) groups is 2. The second kappa shape index (κ2) is 7.65. The molecule has 0 fully saturated rings. The Balaban J connectivity index is 1.76. The van der Waals surface area contributed by atoms with Crippen molar-refractivity contribution in [2.24, 2.45) is 5.73 Å². The summed E-state index contributed by atoms with van der Waals surface area (Å²) in [5.41, 5.74) is 7.18. The zero-order chi connectivity index (χ0) is 19.6. The van der Waals surface area contributed by atoms with Crippen LogP contribution in [-0.2, 0) is 11.2 Å². The number of fused-ring (bicyclic) bond motifs is 1. The van der Waals surface area contributed by atoms with Crippen molar-refractivity contribution in [1.29, 1.82) is 0 Å². The van der Waals surface area contributed by atoms with Gasteiger partial charge >= 0.3 is 0 Å². The molecule has 7 heteroatoms. The summed E-state index contributed by atoms with van der Waals surface area (Å²) in [5.74, 6) is -0.422. The summed E-state index contributed by atoms with van der Waals surface area (Å²) in [7, 11) is 0. The molecule has 2 atom stereocenters. The van der Waals surface area contributed by atoms with Crippen molar-refractivity contribution in [3.63, 3.8) is 0 Å². The molecule has 0 bridgehead atoms. The van der Waals surface area contributed by atoms with E-state index in [9.17, 15) is 14.4 Å². The van der Waals surface area contributed by atoms with Crippen LogP contribution < -0.4 is 21.3 Å². The number of rotatable bonds is 5. The molecule has 1 heterocycles. The second-order valence-corrected chi connectivity index (χ2v) is 6.84. The van der Waals surface area contributed by atoms with Crippen molar-refractivity contribution >= 4 is 11.8 Å². The van der Waals surface area contributed by atoms with Gasteiger partial charge in [0.05, 0.1) is 6.04 Å². The molecule has 1 aromatic carbocycles. The second-order valence-electron chi connectivity index (χ2n) is 6.84. The van der Waals surface area contributed by atoms with Gasteiger partial charge in [0.25, 0.3) is 17.4 Å². The third-order valence-electron chi connectivity index (χ3n) is 4.71. The maximum absolute atomic E-state index is 12.6. The molecular weight excluding hydrogens is 346 g/mol. The van der Waals surface area contributed by atoms with Crippen LogP contribution in [0.1, 0.15) is 53.0 Å². The smallest absolute Gasteiger partial charge is 0.261 e. The molecular formula is C20H23N3O4. The number of primary amides is 1. The fraction of sp³-hybridized carbons (Fsp3) is 0.350. The molecule has 7 nitrogen and oxygen atoms in total. The number of amides is 2. The summed E-state index contributed by atoms with van der Waals surface area (Å²) in [4.78, 5) is 38.7. The average molecular weight is 369 g/mol. The van der Waals surface area contributed by atoms with Gasteiger partial charge in [-0.15, -0.1) is 0 Å². The summed E-state index contributed by atoms with van der Waals surface area (Å²) in [5, 5.41) is 2.96. The van der Waals surface area contributed by atoms with Crippen LogP contribution in [0, 0.1) is 6.92 Å². The zero-order valence-electron chi connectivity index (χ0n) is 15.4. The Hall–Kier alpha value is -3.09. The minimum atomic E-state index is -0.786. The molecule has 0 radical (unpaired) electrons. The first-order chi connectivity index (χ1) is 12.8. The third-order valence-corrected chi connectivity index (χ3v) is 4.71. The number of carbonyl (C=O) groups excluding carboxylic acids is 2. The molecule has 4 N–H and O–H groups in total. The lowest BCUT2D eigenvalue weighted by molar-refractivity contribution is -0.128. The van der Waals surface area contributed by atoms with Gasteiger partial charge in [0.15, 0.2) is 6.10 Å². The zero-order valence-corrected chi connectivity index (χ0v) is 15.4. The van der Waals surface area contributed by atoms with Gasteiger partial charge < -0.3 is 20.8 Å². The van der Waals surface area contributed by atoms with Crippen LogP contribution in [0.3, 0.4) is 0 Å². The Bertz CT molecular complexity index is 935. The van der Waals surface area contributed by atoms with Crippen LogP contribution in [0.4, 0.5) is 0 Å². The maximum Gasteiger partial charge on any atom is 0.261 e. The lowest BCUT2D eigenvalue weighted by Crippen LogP contribution is -2.40. The number of aromatic nitrogens is 1. The largest absolute Gasteiger partial charge is 0.481 e. The lowest BCUT2D eigenvalue weighted by atomic mass is 9.90. The molecule has 1 aromatic heterocycles. The quantitative estimate of drug-likeness (QED) is 0.745. The van der Waals surface area contributed by atoms with Gasteiger partial charge in [-0.2, -0.15) is 0 Å². The van der Waals surface area contributed by atoms with Gasteiger partial charge in [-0.25, -0.2) is 0 Å². The highest BCUT2D eigenvalue weighted by atomic mass is 16.5. The number of aryl methyl sites for hydroxylation is 2. The summed E-state index contributed by atoms with van der Waals surface area (Å²) in [6.45, 7) is 3.64. The van der Waals surface area contributed by atoms with Crippen LogP contribution in [0.5, 0.6) is 5.75 Å². The summed E-state index contributed by atoms with van der Waals surface area (Å²) in [6, 6.07) is 8.68. The van der Waals surface area contributed by atoms with Crippen molar-refractivity contribution in [3.05, 3.63) is 63.1 Å². The molecule has 0 aliphatic heterocycles. The molecule has 0 saturated heterocycles. The van der Waals surface area contributed by atoms with Gasteiger partial charge in [-0.05, 0) is 62.4 Å². The van der Waals surface area contributed by atoms with E-state index in [2.05, 4.69) is 10.3 Å². The number of H-pyrrole nitrogens is 1. The van der Waals surface area contributed by atoms with E-state index in [1.165, 1.54) is 6.07 Å². The predicted octanol–water partition coefficient (Wildman–Crippen LogP) is 1.74. The molecule has 2 unspecified atom stereocenters. The van der Waals surface area contributed by atoms with E-state index < -0.39 is 17.6 Å². The van der Waals surface area contributed by atoms with Gasteiger partial charge in [0, 0.05) is 5.69 Å². The first-order valence-corrected chi connectivity index (χ1v) is 8.94. The van der Waals surface area contributed by atoms with E-state index in [0.717, 1.165) is 23.2 Å². The van der Waals surface area contributed by atoms with E-state index in [0.29, 0.717) is 18.6 Å². The van der Waals surface area contributed by atoms with E-state index >= 15 is 0 Å². The Morgan fingerprint density at radius 1 is 1.33 bits per heavy atom. The Morgan fingerprint density at radius 3 is 2.81 bits per heavy atom. The lowest BCUT2D eigenvalue weighted by Gasteiger charge is -2.27. The molecule has 142 valence electrons. The van der Waals surface area contributed by atoms with E-state index in [1.54, 1.807) is 13.0 Å². The molecule has 2 amide bonds. The molecule has 1 aliphatic rings. The van der Waals surface area contributed by atoms with Crippen molar-refractivity contribution in [1.82, 2.24) is 10.3 Å². The normalized spacial score (nSPS) is 16.9. The van der Waals surface area contributed by atoms with Crippen LogP contribution in [0.2, 0.25) is 0 Å². The van der Waals surface area contributed by atoms with Crippen LogP contribution >= 0.6 is 0 Å². The van der Waals surface area contributed by atoms with E-state index in [-0.39, 0.29) is 17.5 Å². The Morgan fingerprint density at radius 2 is 2.11 bits per heavy atom. The maximum atomic E-state index is 12.6. The van der Waals surface area contributed by atoms with Crippen molar-refractivity contribution in [2.45, 2.75) is 45.3 Å². The van der Waals surface area contributed by atoms with Crippen molar-refractivity contribution < 1.29 is 14.3 Å². The summed E-state index contributed by atoms with van der Waals surface area (Å²) >= 11 is 0. The number of hydrogen-bond acceptors (Lipinski definition) is 4. The van der Waals surface area contributed by atoms with Crippen LogP contribution in [0.25, 0.3) is 0 Å². The van der Waals surface area contributed by atoms with Gasteiger partial charge in [0.2, 0.25) is 0 Å². The van der Waals surface area contributed by atoms with Crippen molar-refractivity contribution in [3.8, 4) is 5.75 Å². The number of nitrogens with two attached hydrogens (primary N) is 1. The minimum absolute atomic E-state index is 0.0982. The first-order valence-electron chi connectivity index (χ1n) is 8.94. The van der Waals surface area contributed by atoms with Gasteiger partial charge in [-0.1, -0.05) is 12.1 Å². The average Bonchev–Trinajstić information content (AvgIpc) is 2.61. The number of nitrogens with one attached hydrogen (secondary N) is 2. The van der Waals surface area contributed by atoms with E-state index in [1.807, 2.05) is 25.1 Å².